The third-order valence-electron chi connectivity index (χ3n) is 3.01. The van der Waals surface area contributed by atoms with Gasteiger partial charge in [-0.2, -0.15) is 0 Å². The first kappa shape index (κ1) is 12.3. The third-order valence-corrected chi connectivity index (χ3v) is 3.36. The maximum atomic E-state index is 9.94. The molecule has 0 aromatic heterocycles. The number of halogens is 1. The van der Waals surface area contributed by atoms with Gasteiger partial charge in [0, 0.05) is 12.0 Å². The second-order valence-corrected chi connectivity index (χ2v) is 4.71. The number of hydrogen-bond acceptors (Lipinski definition) is 4. The number of hydrogen-bond donors (Lipinski definition) is 2. The van der Waals surface area contributed by atoms with E-state index < -0.39 is 5.60 Å². The summed E-state index contributed by atoms with van der Waals surface area (Å²) >= 11 is 6.00. The van der Waals surface area contributed by atoms with Gasteiger partial charge >= 0.3 is 0 Å². The number of phenolic OH excluding ortho intramolecular Hbond substituents is 1. The van der Waals surface area contributed by atoms with Crippen molar-refractivity contribution in [2.24, 2.45) is 0 Å². The molecular formula is C12H15ClO4. The smallest absolute Gasteiger partial charge is 0.183 e. The van der Waals surface area contributed by atoms with Gasteiger partial charge in [-0.1, -0.05) is 11.6 Å². The van der Waals surface area contributed by atoms with Gasteiger partial charge in [-0.05, 0) is 18.9 Å². The minimum atomic E-state index is -0.694. The molecule has 94 valence electrons. The molecule has 1 aliphatic rings. The van der Waals surface area contributed by atoms with E-state index in [4.69, 9.17) is 21.1 Å². The van der Waals surface area contributed by atoms with Crippen LogP contribution < -0.4 is 9.47 Å². The molecule has 0 radical (unpaired) electrons. The van der Waals surface area contributed by atoms with Crippen molar-refractivity contribution in [3.63, 3.8) is 0 Å². The van der Waals surface area contributed by atoms with E-state index in [1.54, 1.807) is 6.07 Å². The number of benzene rings is 1. The van der Waals surface area contributed by atoms with Gasteiger partial charge < -0.3 is 19.7 Å². The molecule has 1 fully saturated rings. The maximum Gasteiger partial charge on any atom is 0.183 e. The van der Waals surface area contributed by atoms with E-state index in [0.29, 0.717) is 23.5 Å². The van der Waals surface area contributed by atoms with Crippen molar-refractivity contribution in [1.29, 1.82) is 0 Å². The molecule has 5 heteroatoms. The molecule has 0 bridgehead atoms. The van der Waals surface area contributed by atoms with E-state index in [-0.39, 0.29) is 10.8 Å². The summed E-state index contributed by atoms with van der Waals surface area (Å²) in [6.45, 7) is 0. The van der Waals surface area contributed by atoms with Crippen molar-refractivity contribution in [3.05, 3.63) is 16.7 Å². The monoisotopic (exact) mass is 258 g/mol. The van der Waals surface area contributed by atoms with Crippen LogP contribution in [0.5, 0.6) is 17.2 Å². The summed E-state index contributed by atoms with van der Waals surface area (Å²) in [5.74, 6) is 0.706. The van der Waals surface area contributed by atoms with Crippen LogP contribution in [-0.2, 0) is 6.42 Å². The Morgan fingerprint density at radius 3 is 2.47 bits per heavy atom. The van der Waals surface area contributed by atoms with Crippen LogP contribution in [0.25, 0.3) is 0 Å². The molecule has 1 aromatic carbocycles. The van der Waals surface area contributed by atoms with E-state index in [9.17, 15) is 10.2 Å². The van der Waals surface area contributed by atoms with Crippen molar-refractivity contribution in [2.45, 2.75) is 24.9 Å². The van der Waals surface area contributed by atoms with Crippen LogP contribution in [0.3, 0.4) is 0 Å². The van der Waals surface area contributed by atoms with Gasteiger partial charge in [0.05, 0.1) is 19.8 Å². The molecule has 0 unspecified atom stereocenters. The second kappa shape index (κ2) is 4.27. The highest BCUT2D eigenvalue weighted by Gasteiger charge is 2.41. The molecule has 0 amide bonds. The Morgan fingerprint density at radius 2 is 2.00 bits per heavy atom. The van der Waals surface area contributed by atoms with E-state index in [0.717, 1.165) is 12.8 Å². The summed E-state index contributed by atoms with van der Waals surface area (Å²) in [5.41, 5.74) is -0.118. The van der Waals surface area contributed by atoms with Crippen LogP contribution in [0.15, 0.2) is 6.07 Å². The molecule has 17 heavy (non-hydrogen) atoms. The number of methoxy groups -OCH3 is 2. The van der Waals surface area contributed by atoms with Crippen molar-refractivity contribution in [3.8, 4) is 17.2 Å². The van der Waals surface area contributed by atoms with Gasteiger partial charge in [-0.25, -0.2) is 0 Å². The first-order valence-electron chi connectivity index (χ1n) is 5.35. The molecular weight excluding hydrogens is 244 g/mol. The molecule has 4 nitrogen and oxygen atoms in total. The molecule has 0 aliphatic heterocycles. The van der Waals surface area contributed by atoms with E-state index >= 15 is 0 Å². The highest BCUT2D eigenvalue weighted by Crippen LogP contribution is 2.47. The predicted molar refractivity (Wildman–Crippen MR) is 64.1 cm³/mol. The van der Waals surface area contributed by atoms with Crippen molar-refractivity contribution in [2.75, 3.05) is 14.2 Å². The number of ether oxygens (including phenoxy) is 2. The molecule has 1 aromatic rings. The Morgan fingerprint density at radius 1 is 1.35 bits per heavy atom. The fourth-order valence-electron chi connectivity index (χ4n) is 1.80. The first-order valence-corrected chi connectivity index (χ1v) is 5.73. The van der Waals surface area contributed by atoms with Gasteiger partial charge in [0.1, 0.15) is 10.8 Å². The summed E-state index contributed by atoms with van der Waals surface area (Å²) in [5, 5.41) is 19.9. The Hall–Kier alpha value is -1.13. The lowest BCUT2D eigenvalue weighted by molar-refractivity contribution is 0.150. The average Bonchev–Trinajstić information content (AvgIpc) is 3.02. The van der Waals surface area contributed by atoms with Crippen LogP contribution >= 0.6 is 11.6 Å². The molecule has 1 aliphatic carbocycles. The number of aromatic hydroxyl groups is 1. The van der Waals surface area contributed by atoms with Crippen LogP contribution in [0.1, 0.15) is 18.4 Å². The maximum absolute atomic E-state index is 9.94. The van der Waals surface area contributed by atoms with Gasteiger partial charge in [-0.15, -0.1) is 0 Å². The zero-order valence-corrected chi connectivity index (χ0v) is 10.5. The lowest BCUT2D eigenvalue weighted by Crippen LogP contribution is -2.11. The van der Waals surface area contributed by atoms with Crippen LogP contribution in [-0.4, -0.2) is 30.0 Å². The summed E-state index contributed by atoms with van der Waals surface area (Å²) in [7, 11) is 2.96. The predicted octanol–water partition coefficient (Wildman–Crippen LogP) is 2.13. The SMILES string of the molecule is COc1cc(CC2(O)CC2)c(O)c(Cl)c1OC. The van der Waals surface area contributed by atoms with Gasteiger partial charge in [0.15, 0.2) is 11.5 Å². The molecule has 0 saturated heterocycles. The lowest BCUT2D eigenvalue weighted by Gasteiger charge is -2.15. The topological polar surface area (TPSA) is 58.9 Å². The minimum Gasteiger partial charge on any atom is -0.506 e. The fraction of sp³-hybridized carbons (Fsp3) is 0.500. The first-order chi connectivity index (χ1) is 8.00. The largest absolute Gasteiger partial charge is 0.506 e. The Bertz CT molecular complexity index is 441. The highest BCUT2D eigenvalue weighted by molar-refractivity contribution is 6.33. The standard InChI is InChI=1S/C12H15ClO4/c1-16-8-5-7(6-12(15)3-4-12)10(14)9(13)11(8)17-2/h5,14-15H,3-4,6H2,1-2H3. The summed E-state index contributed by atoms with van der Waals surface area (Å²) < 4.78 is 10.2. The molecule has 2 N–H and O–H groups in total. The molecule has 2 rings (SSSR count). The van der Waals surface area contributed by atoms with Crippen LogP contribution in [0, 0.1) is 0 Å². The molecule has 1 saturated carbocycles. The van der Waals surface area contributed by atoms with Gasteiger partial charge in [0.25, 0.3) is 0 Å². The normalized spacial score (nSPS) is 16.7. The van der Waals surface area contributed by atoms with Crippen molar-refractivity contribution in [1.82, 2.24) is 0 Å². The zero-order chi connectivity index (χ0) is 12.6. The molecule has 0 atom stereocenters. The van der Waals surface area contributed by atoms with Crippen molar-refractivity contribution >= 4 is 11.6 Å². The van der Waals surface area contributed by atoms with E-state index in [2.05, 4.69) is 0 Å². The average molecular weight is 259 g/mol. The Labute approximate surface area is 105 Å². The minimum absolute atomic E-state index is 0.0513. The summed E-state index contributed by atoms with van der Waals surface area (Å²) in [6, 6.07) is 1.65. The Kier molecular flexibility index (Phi) is 3.10. The van der Waals surface area contributed by atoms with Crippen molar-refractivity contribution < 1.29 is 19.7 Å². The van der Waals surface area contributed by atoms with E-state index in [1.165, 1.54) is 14.2 Å². The fourth-order valence-corrected chi connectivity index (χ4v) is 2.09. The van der Waals surface area contributed by atoms with Crippen LogP contribution in [0.2, 0.25) is 5.02 Å². The van der Waals surface area contributed by atoms with Crippen LogP contribution in [0.4, 0.5) is 0 Å². The zero-order valence-electron chi connectivity index (χ0n) is 9.79. The summed E-state index contributed by atoms with van der Waals surface area (Å²) in [4.78, 5) is 0. The second-order valence-electron chi connectivity index (χ2n) is 4.33. The summed E-state index contributed by atoms with van der Waals surface area (Å²) in [6.07, 6.45) is 1.87. The van der Waals surface area contributed by atoms with Gasteiger partial charge in [-0.3, -0.25) is 0 Å². The molecule has 0 spiro atoms. The lowest BCUT2D eigenvalue weighted by atomic mass is 10.0. The quantitative estimate of drug-likeness (QED) is 0.869. The number of rotatable bonds is 4. The van der Waals surface area contributed by atoms with Gasteiger partial charge in [0.2, 0.25) is 0 Å². The third kappa shape index (κ3) is 2.28. The number of aliphatic hydroxyl groups is 1. The Balaban J connectivity index is 2.42. The number of phenols is 1. The van der Waals surface area contributed by atoms with E-state index in [1.807, 2.05) is 0 Å². The molecule has 0 heterocycles. The highest BCUT2D eigenvalue weighted by atomic mass is 35.5.